The topological polar surface area (TPSA) is 92.7 Å². The summed E-state index contributed by atoms with van der Waals surface area (Å²) in [5.41, 5.74) is -0.646. The molecule has 23 heavy (non-hydrogen) atoms. The summed E-state index contributed by atoms with van der Waals surface area (Å²) in [4.78, 5) is 35.4. The van der Waals surface area contributed by atoms with Crippen LogP contribution in [0.5, 0.6) is 5.75 Å². The van der Waals surface area contributed by atoms with Crippen LogP contribution in [-0.2, 0) is 9.59 Å². The van der Waals surface area contributed by atoms with Gasteiger partial charge in [-0.3, -0.25) is 9.59 Å². The van der Waals surface area contributed by atoms with Crippen molar-refractivity contribution in [2.45, 2.75) is 44.1 Å². The SMILES string of the molecule is COc1ccc(C(=O)CCC(=O)NC2(C(=O)O)CCCC2)cc1. The van der Waals surface area contributed by atoms with Gasteiger partial charge in [0, 0.05) is 18.4 Å². The second-order valence-corrected chi connectivity index (χ2v) is 5.79. The van der Waals surface area contributed by atoms with Gasteiger partial charge in [0.15, 0.2) is 5.78 Å². The fraction of sp³-hybridized carbons (Fsp3) is 0.471. The molecule has 1 aliphatic carbocycles. The first-order valence-electron chi connectivity index (χ1n) is 7.68. The van der Waals surface area contributed by atoms with Gasteiger partial charge < -0.3 is 15.2 Å². The van der Waals surface area contributed by atoms with Gasteiger partial charge in [0.25, 0.3) is 0 Å². The molecule has 1 fully saturated rings. The molecule has 1 amide bonds. The van der Waals surface area contributed by atoms with Crippen molar-refractivity contribution in [3.05, 3.63) is 29.8 Å². The Balaban J connectivity index is 1.88. The monoisotopic (exact) mass is 319 g/mol. The molecule has 1 aromatic rings. The molecular weight excluding hydrogens is 298 g/mol. The van der Waals surface area contributed by atoms with E-state index in [1.807, 2.05) is 0 Å². The van der Waals surface area contributed by atoms with Gasteiger partial charge in [0.05, 0.1) is 7.11 Å². The maximum absolute atomic E-state index is 12.1. The maximum atomic E-state index is 12.1. The molecular formula is C17H21NO5. The number of carboxylic acid groups (broad SMARTS) is 1. The van der Waals surface area contributed by atoms with Crippen LogP contribution in [0.15, 0.2) is 24.3 Å². The van der Waals surface area contributed by atoms with Gasteiger partial charge in [0.2, 0.25) is 5.91 Å². The second kappa shape index (κ2) is 7.26. The number of rotatable bonds is 7. The summed E-state index contributed by atoms with van der Waals surface area (Å²) in [5, 5.41) is 11.9. The first-order valence-corrected chi connectivity index (χ1v) is 7.68. The van der Waals surface area contributed by atoms with Crippen LogP contribution in [0.2, 0.25) is 0 Å². The Hall–Kier alpha value is -2.37. The van der Waals surface area contributed by atoms with Gasteiger partial charge in [-0.2, -0.15) is 0 Å². The molecule has 0 heterocycles. The van der Waals surface area contributed by atoms with Gasteiger partial charge in [-0.1, -0.05) is 12.8 Å². The molecule has 0 atom stereocenters. The molecule has 0 spiro atoms. The molecule has 2 N–H and O–H groups in total. The number of hydrogen-bond donors (Lipinski definition) is 2. The van der Waals surface area contributed by atoms with E-state index >= 15 is 0 Å². The van der Waals surface area contributed by atoms with Crippen molar-refractivity contribution >= 4 is 17.7 Å². The largest absolute Gasteiger partial charge is 0.497 e. The molecule has 1 aromatic carbocycles. The third-order valence-corrected chi connectivity index (χ3v) is 4.24. The average molecular weight is 319 g/mol. The number of Topliss-reactive ketones (excluding diaryl/α,β-unsaturated/α-hetero) is 1. The van der Waals surface area contributed by atoms with Crippen LogP contribution in [0.3, 0.4) is 0 Å². The Labute approximate surface area is 134 Å². The van der Waals surface area contributed by atoms with Crippen molar-refractivity contribution in [1.82, 2.24) is 5.32 Å². The summed E-state index contributed by atoms with van der Waals surface area (Å²) < 4.78 is 5.02. The second-order valence-electron chi connectivity index (χ2n) is 5.79. The summed E-state index contributed by atoms with van der Waals surface area (Å²) in [5.74, 6) is -0.886. The number of ether oxygens (including phenoxy) is 1. The Morgan fingerprint density at radius 1 is 1.13 bits per heavy atom. The fourth-order valence-corrected chi connectivity index (χ4v) is 2.85. The number of carboxylic acids is 1. The van der Waals surface area contributed by atoms with Crippen LogP contribution in [0, 0.1) is 0 Å². The zero-order chi connectivity index (χ0) is 16.9. The number of carbonyl (C=O) groups excluding carboxylic acids is 2. The zero-order valence-electron chi connectivity index (χ0n) is 13.1. The van der Waals surface area contributed by atoms with Crippen LogP contribution in [-0.4, -0.2) is 35.4 Å². The van der Waals surface area contributed by atoms with E-state index in [0.29, 0.717) is 24.2 Å². The summed E-state index contributed by atoms with van der Waals surface area (Å²) in [6, 6.07) is 6.67. The number of ketones is 1. The van der Waals surface area contributed by atoms with Crippen molar-refractivity contribution in [3.63, 3.8) is 0 Å². The molecule has 6 heteroatoms. The minimum atomic E-state index is -1.15. The van der Waals surface area contributed by atoms with E-state index in [9.17, 15) is 19.5 Å². The van der Waals surface area contributed by atoms with E-state index < -0.39 is 17.4 Å². The minimum Gasteiger partial charge on any atom is -0.497 e. The Kier molecular flexibility index (Phi) is 5.36. The smallest absolute Gasteiger partial charge is 0.329 e. The predicted molar refractivity (Wildman–Crippen MR) is 83.5 cm³/mol. The van der Waals surface area contributed by atoms with Gasteiger partial charge in [-0.05, 0) is 37.1 Å². The Bertz CT molecular complexity index is 588. The lowest BCUT2D eigenvalue weighted by atomic mass is 9.97. The maximum Gasteiger partial charge on any atom is 0.329 e. The first kappa shape index (κ1) is 17.0. The van der Waals surface area contributed by atoms with Crippen LogP contribution < -0.4 is 10.1 Å². The van der Waals surface area contributed by atoms with Gasteiger partial charge in [0.1, 0.15) is 11.3 Å². The molecule has 1 aliphatic rings. The molecule has 2 rings (SSSR count). The molecule has 0 bridgehead atoms. The van der Waals surface area contributed by atoms with Crippen molar-refractivity contribution in [2.75, 3.05) is 7.11 Å². The summed E-state index contributed by atoms with van der Waals surface area (Å²) >= 11 is 0. The van der Waals surface area contributed by atoms with E-state index in [-0.39, 0.29) is 18.6 Å². The van der Waals surface area contributed by atoms with E-state index in [4.69, 9.17) is 4.74 Å². The average Bonchev–Trinajstić information content (AvgIpc) is 3.02. The summed E-state index contributed by atoms with van der Waals surface area (Å²) in [6.45, 7) is 0. The highest BCUT2D eigenvalue weighted by molar-refractivity contribution is 5.98. The minimum absolute atomic E-state index is 0.0140. The summed E-state index contributed by atoms with van der Waals surface area (Å²) in [6.07, 6.45) is 2.50. The van der Waals surface area contributed by atoms with Crippen molar-refractivity contribution in [1.29, 1.82) is 0 Å². The number of aliphatic carboxylic acids is 1. The van der Waals surface area contributed by atoms with Gasteiger partial charge >= 0.3 is 5.97 Å². The lowest BCUT2D eigenvalue weighted by Gasteiger charge is -2.25. The molecule has 1 saturated carbocycles. The standard InChI is InChI=1S/C17H21NO5/c1-23-13-6-4-12(5-7-13)14(19)8-9-15(20)18-17(16(21)22)10-2-3-11-17/h4-7H,2-3,8-11H2,1H3,(H,18,20)(H,21,22). The van der Waals surface area contributed by atoms with E-state index in [0.717, 1.165) is 12.8 Å². The van der Waals surface area contributed by atoms with E-state index in [1.165, 1.54) is 0 Å². The third-order valence-electron chi connectivity index (χ3n) is 4.24. The molecule has 0 saturated heterocycles. The first-order chi connectivity index (χ1) is 11.0. The summed E-state index contributed by atoms with van der Waals surface area (Å²) in [7, 11) is 1.54. The third kappa shape index (κ3) is 4.09. The van der Waals surface area contributed by atoms with Crippen LogP contribution in [0.25, 0.3) is 0 Å². The lowest BCUT2D eigenvalue weighted by molar-refractivity contribution is -0.147. The Morgan fingerprint density at radius 2 is 1.74 bits per heavy atom. The Morgan fingerprint density at radius 3 is 2.26 bits per heavy atom. The van der Waals surface area contributed by atoms with Gasteiger partial charge in [-0.15, -0.1) is 0 Å². The highest BCUT2D eigenvalue weighted by atomic mass is 16.5. The number of benzene rings is 1. The zero-order valence-corrected chi connectivity index (χ0v) is 13.1. The lowest BCUT2D eigenvalue weighted by Crippen LogP contribution is -2.52. The number of carbonyl (C=O) groups is 3. The van der Waals surface area contributed by atoms with E-state index in [1.54, 1.807) is 31.4 Å². The fourth-order valence-electron chi connectivity index (χ4n) is 2.85. The van der Waals surface area contributed by atoms with Crippen LogP contribution in [0.4, 0.5) is 0 Å². The molecule has 0 unspecified atom stereocenters. The van der Waals surface area contributed by atoms with Crippen molar-refractivity contribution < 1.29 is 24.2 Å². The van der Waals surface area contributed by atoms with E-state index in [2.05, 4.69) is 5.32 Å². The molecule has 0 aliphatic heterocycles. The normalized spacial score (nSPS) is 15.9. The molecule has 124 valence electrons. The number of nitrogens with one attached hydrogen (secondary N) is 1. The number of hydrogen-bond acceptors (Lipinski definition) is 4. The van der Waals surface area contributed by atoms with Gasteiger partial charge in [-0.25, -0.2) is 4.79 Å². The van der Waals surface area contributed by atoms with Crippen molar-refractivity contribution in [2.24, 2.45) is 0 Å². The quantitative estimate of drug-likeness (QED) is 0.751. The highest BCUT2D eigenvalue weighted by Gasteiger charge is 2.42. The number of methoxy groups -OCH3 is 1. The predicted octanol–water partition coefficient (Wildman–Crippen LogP) is 2.17. The molecule has 0 aromatic heterocycles. The van der Waals surface area contributed by atoms with Crippen LogP contribution >= 0.6 is 0 Å². The van der Waals surface area contributed by atoms with Crippen molar-refractivity contribution in [3.8, 4) is 5.75 Å². The number of amides is 1. The van der Waals surface area contributed by atoms with Crippen LogP contribution in [0.1, 0.15) is 48.9 Å². The molecule has 6 nitrogen and oxygen atoms in total. The molecule has 0 radical (unpaired) electrons. The highest BCUT2D eigenvalue weighted by Crippen LogP contribution is 2.30.